The van der Waals surface area contributed by atoms with Gasteiger partial charge in [-0.15, -0.1) is 0 Å². The molecule has 4 heteroatoms. The van der Waals surface area contributed by atoms with Gasteiger partial charge in [-0.1, -0.05) is 42.5 Å². The van der Waals surface area contributed by atoms with Crippen LogP contribution in [0.2, 0.25) is 0 Å². The molecule has 0 aliphatic carbocycles. The maximum atomic E-state index is 12.0. The number of carbonyl (C=O) groups excluding carboxylic acids is 1. The van der Waals surface area contributed by atoms with Gasteiger partial charge in [-0.25, -0.2) is 5.48 Å². The molecule has 0 aliphatic rings. The lowest BCUT2D eigenvalue weighted by atomic mass is 9.90. The molecule has 1 amide bonds. The molecule has 1 atom stereocenters. The van der Waals surface area contributed by atoms with E-state index in [0.717, 1.165) is 16.8 Å². The minimum Gasteiger partial charge on any atom is -0.383 e. The Balaban J connectivity index is 2.31. The van der Waals surface area contributed by atoms with Crippen LogP contribution in [0.5, 0.6) is 0 Å². The van der Waals surface area contributed by atoms with E-state index in [2.05, 4.69) is 19.2 Å². The van der Waals surface area contributed by atoms with Gasteiger partial charge in [-0.2, -0.15) is 0 Å². The Morgan fingerprint density at radius 3 is 2.05 bits per heavy atom. The Bertz CT molecular complexity index is 579. The molecule has 2 aromatic carbocycles. The molecule has 3 N–H and O–H groups in total. The Morgan fingerprint density at radius 2 is 1.52 bits per heavy atom. The van der Waals surface area contributed by atoms with E-state index in [1.807, 2.05) is 54.6 Å². The van der Waals surface area contributed by atoms with Crippen LogP contribution in [0, 0.1) is 0 Å². The lowest BCUT2D eigenvalue weighted by Crippen LogP contribution is -2.27. The average Bonchev–Trinajstić information content (AvgIpc) is 2.49. The predicted molar refractivity (Wildman–Crippen MR) is 83.4 cm³/mol. The van der Waals surface area contributed by atoms with Gasteiger partial charge in [0.2, 0.25) is 0 Å². The molecule has 0 aromatic heterocycles. The van der Waals surface area contributed by atoms with Crippen molar-refractivity contribution in [3.63, 3.8) is 0 Å². The standard InChI is InChI=1S/C17H20N2O2/c1-12(2)18-15-10-8-14(9-11-15)16(17(20)19-21)13-6-4-3-5-7-13/h3-12,16,18,21H,1-2H3,(H,19,20). The predicted octanol–water partition coefficient (Wildman–Crippen LogP) is 3.14. The molecule has 4 nitrogen and oxygen atoms in total. The van der Waals surface area contributed by atoms with E-state index in [1.54, 1.807) is 5.48 Å². The maximum Gasteiger partial charge on any atom is 0.255 e. The van der Waals surface area contributed by atoms with Crippen LogP contribution in [0.25, 0.3) is 0 Å². The lowest BCUT2D eigenvalue weighted by Gasteiger charge is -2.17. The number of hydrogen-bond acceptors (Lipinski definition) is 3. The molecule has 0 aliphatic heterocycles. The lowest BCUT2D eigenvalue weighted by molar-refractivity contribution is -0.129. The van der Waals surface area contributed by atoms with Crippen molar-refractivity contribution >= 4 is 11.6 Å². The van der Waals surface area contributed by atoms with Gasteiger partial charge in [0, 0.05) is 11.7 Å². The molecular formula is C17H20N2O2. The highest BCUT2D eigenvalue weighted by atomic mass is 16.5. The number of hydrogen-bond donors (Lipinski definition) is 3. The molecule has 1 unspecified atom stereocenters. The summed E-state index contributed by atoms with van der Waals surface area (Å²) in [5, 5.41) is 12.3. The van der Waals surface area contributed by atoms with Gasteiger partial charge >= 0.3 is 0 Å². The summed E-state index contributed by atoms with van der Waals surface area (Å²) in [6.07, 6.45) is 0. The molecule has 0 bridgehead atoms. The van der Waals surface area contributed by atoms with Gasteiger partial charge in [0.1, 0.15) is 0 Å². The van der Waals surface area contributed by atoms with Crippen molar-refractivity contribution in [2.45, 2.75) is 25.8 Å². The smallest absolute Gasteiger partial charge is 0.255 e. The second-order valence-corrected chi connectivity index (χ2v) is 5.24. The summed E-state index contributed by atoms with van der Waals surface area (Å²) in [6.45, 7) is 4.14. The Hall–Kier alpha value is -2.33. The van der Waals surface area contributed by atoms with E-state index in [9.17, 15) is 4.79 Å². The second kappa shape index (κ2) is 6.90. The number of benzene rings is 2. The van der Waals surface area contributed by atoms with Gasteiger partial charge in [0.25, 0.3) is 5.91 Å². The van der Waals surface area contributed by atoms with Crippen molar-refractivity contribution in [1.29, 1.82) is 0 Å². The zero-order valence-corrected chi connectivity index (χ0v) is 12.2. The highest BCUT2D eigenvalue weighted by Crippen LogP contribution is 2.26. The zero-order chi connectivity index (χ0) is 15.2. The van der Waals surface area contributed by atoms with Crippen LogP contribution >= 0.6 is 0 Å². The fourth-order valence-electron chi connectivity index (χ4n) is 2.31. The van der Waals surface area contributed by atoms with E-state index >= 15 is 0 Å². The van der Waals surface area contributed by atoms with E-state index in [1.165, 1.54) is 0 Å². The van der Waals surface area contributed by atoms with Gasteiger partial charge in [-0.3, -0.25) is 10.0 Å². The zero-order valence-electron chi connectivity index (χ0n) is 12.2. The highest BCUT2D eigenvalue weighted by molar-refractivity contribution is 5.86. The second-order valence-electron chi connectivity index (χ2n) is 5.24. The summed E-state index contributed by atoms with van der Waals surface area (Å²) in [4.78, 5) is 12.0. The Kier molecular flexibility index (Phi) is 4.95. The van der Waals surface area contributed by atoms with Gasteiger partial charge < -0.3 is 5.32 Å². The number of nitrogens with one attached hydrogen (secondary N) is 2. The van der Waals surface area contributed by atoms with Crippen molar-refractivity contribution in [2.75, 3.05) is 5.32 Å². The van der Waals surface area contributed by atoms with Gasteiger partial charge in [0.05, 0.1) is 5.92 Å². The number of hydroxylamine groups is 1. The number of carbonyl (C=O) groups is 1. The molecule has 21 heavy (non-hydrogen) atoms. The number of anilines is 1. The van der Waals surface area contributed by atoms with Crippen LogP contribution in [-0.2, 0) is 4.79 Å². The highest BCUT2D eigenvalue weighted by Gasteiger charge is 2.22. The first-order chi connectivity index (χ1) is 10.1. The molecule has 110 valence electrons. The van der Waals surface area contributed by atoms with Gasteiger partial charge in [0.15, 0.2) is 0 Å². The van der Waals surface area contributed by atoms with Crippen molar-refractivity contribution in [1.82, 2.24) is 5.48 Å². The molecule has 0 heterocycles. The Morgan fingerprint density at radius 1 is 0.952 bits per heavy atom. The molecule has 2 rings (SSSR count). The third-order valence-electron chi connectivity index (χ3n) is 3.20. The molecular weight excluding hydrogens is 264 g/mol. The van der Waals surface area contributed by atoms with Crippen LogP contribution in [0.3, 0.4) is 0 Å². The molecule has 0 radical (unpaired) electrons. The van der Waals surface area contributed by atoms with E-state index in [0.29, 0.717) is 6.04 Å². The molecule has 0 saturated carbocycles. The molecule has 2 aromatic rings. The SMILES string of the molecule is CC(C)Nc1ccc(C(C(=O)NO)c2ccccc2)cc1. The van der Waals surface area contributed by atoms with Crippen molar-refractivity contribution in [3.8, 4) is 0 Å². The van der Waals surface area contributed by atoms with Crippen LogP contribution < -0.4 is 10.8 Å². The first kappa shape index (κ1) is 15.1. The minimum atomic E-state index is -0.524. The van der Waals surface area contributed by atoms with Crippen LogP contribution in [0.4, 0.5) is 5.69 Å². The molecule has 0 fully saturated rings. The molecule has 0 saturated heterocycles. The molecule has 0 spiro atoms. The summed E-state index contributed by atoms with van der Waals surface area (Å²) in [7, 11) is 0. The van der Waals surface area contributed by atoms with E-state index < -0.39 is 11.8 Å². The third-order valence-corrected chi connectivity index (χ3v) is 3.20. The number of amides is 1. The van der Waals surface area contributed by atoms with Crippen LogP contribution in [0.15, 0.2) is 54.6 Å². The first-order valence-corrected chi connectivity index (χ1v) is 6.97. The van der Waals surface area contributed by atoms with E-state index in [-0.39, 0.29) is 0 Å². The van der Waals surface area contributed by atoms with Gasteiger partial charge in [-0.05, 0) is 37.1 Å². The quantitative estimate of drug-likeness (QED) is 0.584. The topological polar surface area (TPSA) is 61.4 Å². The minimum absolute atomic E-state index is 0.349. The first-order valence-electron chi connectivity index (χ1n) is 6.97. The summed E-state index contributed by atoms with van der Waals surface area (Å²) >= 11 is 0. The maximum absolute atomic E-state index is 12.0. The third kappa shape index (κ3) is 3.83. The summed E-state index contributed by atoms with van der Waals surface area (Å²) in [6, 6.07) is 17.4. The summed E-state index contributed by atoms with van der Waals surface area (Å²) in [5.74, 6) is -0.963. The van der Waals surface area contributed by atoms with E-state index in [4.69, 9.17) is 5.21 Å². The number of rotatable bonds is 5. The van der Waals surface area contributed by atoms with Crippen molar-refractivity contribution in [3.05, 3.63) is 65.7 Å². The average molecular weight is 284 g/mol. The Labute approximate surface area is 124 Å². The van der Waals surface area contributed by atoms with Crippen LogP contribution in [0.1, 0.15) is 30.9 Å². The summed E-state index contributed by atoms with van der Waals surface area (Å²) < 4.78 is 0. The van der Waals surface area contributed by atoms with Crippen molar-refractivity contribution < 1.29 is 10.0 Å². The summed E-state index contributed by atoms with van der Waals surface area (Å²) in [5.41, 5.74) is 4.44. The monoisotopic (exact) mass is 284 g/mol. The normalized spacial score (nSPS) is 12.0. The largest absolute Gasteiger partial charge is 0.383 e. The van der Waals surface area contributed by atoms with Crippen LogP contribution in [-0.4, -0.2) is 17.2 Å². The van der Waals surface area contributed by atoms with Crippen molar-refractivity contribution in [2.24, 2.45) is 0 Å². The fraction of sp³-hybridized carbons (Fsp3) is 0.235. The fourth-order valence-corrected chi connectivity index (χ4v) is 2.31.